The first-order valence-corrected chi connectivity index (χ1v) is 7.90. The summed E-state index contributed by atoms with van der Waals surface area (Å²) in [6.07, 6.45) is 6.80. The zero-order chi connectivity index (χ0) is 13.3. The van der Waals surface area contributed by atoms with Crippen molar-refractivity contribution in [2.24, 2.45) is 29.4 Å². The molecule has 2 atom stereocenters. The van der Waals surface area contributed by atoms with Crippen molar-refractivity contribution in [1.29, 1.82) is 0 Å². The molecule has 0 saturated heterocycles. The Bertz CT molecular complexity index is 266. The number of hydrogen-bond donors (Lipinski definition) is 1. The van der Waals surface area contributed by atoms with E-state index in [0.29, 0.717) is 5.54 Å². The maximum absolute atomic E-state index is 6.15. The fourth-order valence-electron chi connectivity index (χ4n) is 3.78. The van der Waals surface area contributed by atoms with Crippen LogP contribution in [0.1, 0.15) is 52.9 Å². The van der Waals surface area contributed by atoms with Gasteiger partial charge in [0, 0.05) is 18.6 Å². The smallest absolute Gasteiger partial charge is 0.0329 e. The van der Waals surface area contributed by atoms with Gasteiger partial charge in [-0.15, -0.1) is 0 Å². The topological polar surface area (TPSA) is 29.3 Å². The molecular weight excluding hydrogens is 220 g/mol. The second-order valence-corrected chi connectivity index (χ2v) is 7.36. The van der Waals surface area contributed by atoms with Crippen molar-refractivity contribution < 1.29 is 0 Å². The molecule has 0 aliphatic heterocycles. The van der Waals surface area contributed by atoms with E-state index in [2.05, 4.69) is 32.7 Å². The number of nitrogens with two attached hydrogens (primary N) is 1. The minimum atomic E-state index is 0.313. The lowest BCUT2D eigenvalue weighted by Crippen LogP contribution is -2.55. The molecule has 0 heterocycles. The third kappa shape index (κ3) is 2.91. The van der Waals surface area contributed by atoms with Crippen LogP contribution < -0.4 is 5.73 Å². The monoisotopic (exact) mass is 252 g/mol. The van der Waals surface area contributed by atoms with Gasteiger partial charge in [-0.3, -0.25) is 4.90 Å². The Morgan fingerprint density at radius 2 is 1.83 bits per heavy atom. The minimum absolute atomic E-state index is 0.313. The molecule has 2 aliphatic carbocycles. The van der Waals surface area contributed by atoms with Crippen molar-refractivity contribution in [2.45, 2.75) is 58.4 Å². The van der Waals surface area contributed by atoms with Crippen LogP contribution >= 0.6 is 0 Å². The van der Waals surface area contributed by atoms with Crippen LogP contribution in [0.15, 0.2) is 0 Å². The zero-order valence-corrected chi connectivity index (χ0v) is 12.8. The van der Waals surface area contributed by atoms with Gasteiger partial charge in [0.1, 0.15) is 0 Å². The SMILES string of the molecule is CC(C)C1CCC(CN)(N(C)CC2CC2C)CC1. The highest BCUT2D eigenvalue weighted by atomic mass is 15.2. The molecule has 2 saturated carbocycles. The molecule has 0 amide bonds. The summed E-state index contributed by atoms with van der Waals surface area (Å²) >= 11 is 0. The number of hydrogen-bond acceptors (Lipinski definition) is 2. The van der Waals surface area contributed by atoms with Gasteiger partial charge >= 0.3 is 0 Å². The van der Waals surface area contributed by atoms with E-state index >= 15 is 0 Å². The van der Waals surface area contributed by atoms with Crippen LogP contribution in [-0.2, 0) is 0 Å². The highest BCUT2D eigenvalue weighted by Crippen LogP contribution is 2.42. The Labute approximate surface area is 113 Å². The van der Waals surface area contributed by atoms with Gasteiger partial charge in [0.05, 0.1) is 0 Å². The van der Waals surface area contributed by atoms with Gasteiger partial charge in [-0.05, 0) is 62.8 Å². The second kappa shape index (κ2) is 5.50. The molecular formula is C16H32N2. The van der Waals surface area contributed by atoms with Crippen LogP contribution in [0.4, 0.5) is 0 Å². The molecule has 106 valence electrons. The highest BCUT2D eigenvalue weighted by molar-refractivity contribution is 4.97. The molecule has 2 N–H and O–H groups in total. The Morgan fingerprint density at radius 1 is 1.28 bits per heavy atom. The molecule has 2 heteroatoms. The highest BCUT2D eigenvalue weighted by Gasteiger charge is 2.41. The average molecular weight is 252 g/mol. The largest absolute Gasteiger partial charge is 0.329 e. The first-order valence-electron chi connectivity index (χ1n) is 7.90. The van der Waals surface area contributed by atoms with Gasteiger partial charge in [0.25, 0.3) is 0 Å². The van der Waals surface area contributed by atoms with Crippen molar-refractivity contribution in [1.82, 2.24) is 4.90 Å². The molecule has 2 nitrogen and oxygen atoms in total. The van der Waals surface area contributed by atoms with Crippen molar-refractivity contribution in [3.05, 3.63) is 0 Å². The summed E-state index contributed by atoms with van der Waals surface area (Å²) in [7, 11) is 2.31. The van der Waals surface area contributed by atoms with Gasteiger partial charge in [-0.1, -0.05) is 20.8 Å². The molecule has 0 aromatic heterocycles. The first-order chi connectivity index (χ1) is 8.48. The number of likely N-dealkylation sites (N-methyl/N-ethyl adjacent to an activating group) is 1. The summed E-state index contributed by atoms with van der Waals surface area (Å²) in [5.74, 6) is 3.67. The predicted molar refractivity (Wildman–Crippen MR) is 78.5 cm³/mol. The molecule has 2 unspecified atom stereocenters. The molecule has 0 radical (unpaired) electrons. The van der Waals surface area contributed by atoms with Gasteiger partial charge < -0.3 is 5.73 Å². The lowest BCUT2D eigenvalue weighted by atomic mass is 9.72. The van der Waals surface area contributed by atoms with Gasteiger partial charge in [0.15, 0.2) is 0 Å². The van der Waals surface area contributed by atoms with E-state index < -0.39 is 0 Å². The molecule has 2 rings (SSSR count). The van der Waals surface area contributed by atoms with Gasteiger partial charge in [-0.25, -0.2) is 0 Å². The van der Waals surface area contributed by atoms with Gasteiger partial charge in [0.2, 0.25) is 0 Å². The lowest BCUT2D eigenvalue weighted by molar-refractivity contribution is 0.0512. The summed E-state index contributed by atoms with van der Waals surface area (Å²) in [6.45, 7) is 9.23. The van der Waals surface area contributed by atoms with Crippen molar-refractivity contribution in [3.8, 4) is 0 Å². The predicted octanol–water partition coefficient (Wildman–Crippen LogP) is 3.12. The molecule has 0 spiro atoms. The third-order valence-corrected chi connectivity index (χ3v) is 5.88. The maximum atomic E-state index is 6.15. The van der Waals surface area contributed by atoms with Gasteiger partial charge in [-0.2, -0.15) is 0 Å². The van der Waals surface area contributed by atoms with Crippen LogP contribution in [0.5, 0.6) is 0 Å². The summed E-state index contributed by atoms with van der Waals surface area (Å²) in [4.78, 5) is 2.61. The Hall–Kier alpha value is -0.0800. The molecule has 2 aliphatic rings. The quantitative estimate of drug-likeness (QED) is 0.814. The van der Waals surface area contributed by atoms with Crippen molar-refractivity contribution in [2.75, 3.05) is 20.1 Å². The molecule has 0 aromatic rings. The lowest BCUT2D eigenvalue weighted by Gasteiger charge is -2.47. The van der Waals surface area contributed by atoms with Crippen LogP contribution in [-0.4, -0.2) is 30.6 Å². The normalized spacial score (nSPS) is 40.5. The summed E-state index contributed by atoms with van der Waals surface area (Å²) < 4.78 is 0. The van der Waals surface area contributed by atoms with Crippen molar-refractivity contribution >= 4 is 0 Å². The van der Waals surface area contributed by atoms with E-state index in [4.69, 9.17) is 5.73 Å². The maximum Gasteiger partial charge on any atom is 0.0329 e. The van der Waals surface area contributed by atoms with E-state index in [1.165, 1.54) is 38.6 Å². The van der Waals surface area contributed by atoms with E-state index in [-0.39, 0.29) is 0 Å². The second-order valence-electron chi connectivity index (χ2n) is 7.36. The van der Waals surface area contributed by atoms with Crippen LogP contribution in [0.3, 0.4) is 0 Å². The van der Waals surface area contributed by atoms with E-state index in [9.17, 15) is 0 Å². The zero-order valence-electron chi connectivity index (χ0n) is 12.8. The number of rotatable bonds is 5. The molecule has 0 bridgehead atoms. The first kappa shape index (κ1) is 14.3. The fraction of sp³-hybridized carbons (Fsp3) is 1.00. The molecule has 2 fully saturated rings. The Morgan fingerprint density at radius 3 is 2.22 bits per heavy atom. The Balaban J connectivity index is 1.90. The van der Waals surface area contributed by atoms with Crippen LogP contribution in [0.25, 0.3) is 0 Å². The molecule has 18 heavy (non-hydrogen) atoms. The third-order valence-electron chi connectivity index (χ3n) is 5.88. The summed E-state index contributed by atoms with van der Waals surface area (Å²) in [6, 6.07) is 0. The average Bonchev–Trinajstić information content (AvgIpc) is 3.04. The fourth-order valence-corrected chi connectivity index (χ4v) is 3.78. The standard InChI is InChI=1S/C16H32N2/c1-12(2)14-5-7-16(11-17,8-6-14)18(4)10-15-9-13(15)3/h12-15H,5-11,17H2,1-4H3. The van der Waals surface area contributed by atoms with E-state index in [1.54, 1.807) is 0 Å². The van der Waals surface area contributed by atoms with E-state index in [1.807, 2.05) is 0 Å². The number of nitrogens with zero attached hydrogens (tertiary/aromatic N) is 1. The van der Waals surface area contributed by atoms with E-state index in [0.717, 1.165) is 30.2 Å². The minimum Gasteiger partial charge on any atom is -0.329 e. The Kier molecular flexibility index (Phi) is 4.38. The summed E-state index contributed by atoms with van der Waals surface area (Å²) in [5.41, 5.74) is 6.46. The van der Waals surface area contributed by atoms with Crippen molar-refractivity contribution in [3.63, 3.8) is 0 Å². The van der Waals surface area contributed by atoms with Crippen LogP contribution in [0, 0.1) is 23.7 Å². The van der Waals surface area contributed by atoms with Crippen LogP contribution in [0.2, 0.25) is 0 Å². The summed E-state index contributed by atoms with van der Waals surface area (Å²) in [5, 5.41) is 0. The molecule has 0 aromatic carbocycles.